The number of hydrogen-bond donors (Lipinski definition) is 1. The molecule has 112 valence electrons. The van der Waals surface area contributed by atoms with Crippen LogP contribution in [0.25, 0.3) is 11.0 Å². The Bertz CT molecular complexity index is 880. The van der Waals surface area contributed by atoms with Gasteiger partial charge in [0.25, 0.3) is 5.91 Å². The van der Waals surface area contributed by atoms with E-state index in [2.05, 4.69) is 5.32 Å². The van der Waals surface area contributed by atoms with Crippen LogP contribution in [0.5, 0.6) is 0 Å². The molecular formula is C18H16ClNO2. The number of nitrogens with one attached hydrogen (secondary N) is 1. The summed E-state index contributed by atoms with van der Waals surface area (Å²) in [6.07, 6.45) is 0. The van der Waals surface area contributed by atoms with Crippen molar-refractivity contribution in [2.24, 2.45) is 0 Å². The highest BCUT2D eigenvalue weighted by atomic mass is 35.5. The lowest BCUT2D eigenvalue weighted by molar-refractivity contribution is 0.0998. The Balaban J connectivity index is 1.99. The van der Waals surface area contributed by atoms with Gasteiger partial charge in [-0.3, -0.25) is 4.79 Å². The summed E-state index contributed by atoms with van der Waals surface area (Å²) in [7, 11) is 0. The molecule has 0 saturated carbocycles. The van der Waals surface area contributed by atoms with Gasteiger partial charge < -0.3 is 9.73 Å². The quantitative estimate of drug-likeness (QED) is 0.701. The lowest BCUT2D eigenvalue weighted by Crippen LogP contribution is -2.13. The van der Waals surface area contributed by atoms with Crippen LogP contribution in [-0.4, -0.2) is 5.91 Å². The van der Waals surface area contributed by atoms with Crippen molar-refractivity contribution in [1.29, 1.82) is 0 Å². The van der Waals surface area contributed by atoms with Crippen LogP contribution in [0.1, 0.15) is 27.2 Å². The predicted octanol–water partition coefficient (Wildman–Crippen LogP) is 5.26. The maximum absolute atomic E-state index is 12.5. The molecule has 0 fully saturated rings. The summed E-state index contributed by atoms with van der Waals surface area (Å²) < 4.78 is 5.69. The van der Waals surface area contributed by atoms with Crippen LogP contribution < -0.4 is 5.32 Å². The summed E-state index contributed by atoms with van der Waals surface area (Å²) in [5, 5.41) is 4.40. The van der Waals surface area contributed by atoms with Crippen LogP contribution in [0, 0.1) is 20.8 Å². The number of furan rings is 1. The van der Waals surface area contributed by atoms with Gasteiger partial charge in [-0.2, -0.15) is 0 Å². The Morgan fingerprint density at radius 3 is 2.64 bits per heavy atom. The van der Waals surface area contributed by atoms with Gasteiger partial charge in [0, 0.05) is 21.7 Å². The summed E-state index contributed by atoms with van der Waals surface area (Å²) in [6, 6.07) is 11.2. The van der Waals surface area contributed by atoms with Crippen molar-refractivity contribution in [3.05, 3.63) is 63.9 Å². The number of hydrogen-bond acceptors (Lipinski definition) is 2. The zero-order chi connectivity index (χ0) is 15.9. The van der Waals surface area contributed by atoms with Crippen LogP contribution in [0.3, 0.4) is 0 Å². The third-order valence-corrected chi connectivity index (χ3v) is 4.19. The molecule has 1 heterocycles. The van der Waals surface area contributed by atoms with Gasteiger partial charge in [0.15, 0.2) is 5.76 Å². The zero-order valence-electron chi connectivity index (χ0n) is 12.7. The van der Waals surface area contributed by atoms with Gasteiger partial charge in [0.1, 0.15) is 5.58 Å². The van der Waals surface area contributed by atoms with Gasteiger partial charge in [-0.25, -0.2) is 0 Å². The molecule has 0 radical (unpaired) electrons. The van der Waals surface area contributed by atoms with E-state index in [1.54, 1.807) is 12.1 Å². The third kappa shape index (κ3) is 2.48. The third-order valence-electron chi connectivity index (χ3n) is 3.96. The Morgan fingerprint density at radius 1 is 1.09 bits per heavy atom. The molecule has 0 aliphatic carbocycles. The predicted molar refractivity (Wildman–Crippen MR) is 89.8 cm³/mol. The van der Waals surface area contributed by atoms with Crippen molar-refractivity contribution in [2.45, 2.75) is 20.8 Å². The first-order valence-electron chi connectivity index (χ1n) is 7.03. The first-order valence-corrected chi connectivity index (χ1v) is 7.41. The molecule has 3 nitrogen and oxygen atoms in total. The topological polar surface area (TPSA) is 42.2 Å². The fourth-order valence-corrected chi connectivity index (χ4v) is 2.65. The number of carbonyl (C=O) groups excluding carboxylic acids is 1. The summed E-state index contributed by atoms with van der Waals surface area (Å²) in [6.45, 7) is 5.86. The molecule has 22 heavy (non-hydrogen) atoms. The van der Waals surface area contributed by atoms with Crippen LogP contribution in [0.2, 0.25) is 5.02 Å². The molecule has 3 rings (SSSR count). The van der Waals surface area contributed by atoms with E-state index >= 15 is 0 Å². The normalized spacial score (nSPS) is 10.9. The molecule has 1 amide bonds. The van der Waals surface area contributed by atoms with Gasteiger partial charge in [0.05, 0.1) is 0 Å². The van der Waals surface area contributed by atoms with E-state index in [9.17, 15) is 4.79 Å². The standard InChI is InChI=1S/C18H16ClNO2/c1-10-5-4-6-15(11(10)2)20-18(21)17-12(3)14-9-13(19)7-8-16(14)22-17/h4-9H,1-3H3,(H,20,21). The lowest BCUT2D eigenvalue weighted by atomic mass is 10.1. The van der Waals surface area contributed by atoms with E-state index in [-0.39, 0.29) is 5.91 Å². The maximum atomic E-state index is 12.5. The van der Waals surface area contributed by atoms with Crippen LogP contribution in [0.4, 0.5) is 5.69 Å². The molecular weight excluding hydrogens is 298 g/mol. The van der Waals surface area contributed by atoms with Crippen LogP contribution >= 0.6 is 11.6 Å². The number of carbonyl (C=O) groups is 1. The van der Waals surface area contributed by atoms with Gasteiger partial charge >= 0.3 is 0 Å². The molecule has 0 saturated heterocycles. The molecule has 1 N–H and O–H groups in total. The zero-order valence-corrected chi connectivity index (χ0v) is 13.4. The largest absolute Gasteiger partial charge is 0.451 e. The summed E-state index contributed by atoms with van der Waals surface area (Å²) in [4.78, 5) is 12.5. The van der Waals surface area contributed by atoms with Crippen molar-refractivity contribution in [3.8, 4) is 0 Å². The second-order valence-corrected chi connectivity index (χ2v) is 5.83. The van der Waals surface area contributed by atoms with Crippen LogP contribution in [0.15, 0.2) is 40.8 Å². The van der Waals surface area contributed by atoms with Crippen molar-refractivity contribution < 1.29 is 9.21 Å². The average molecular weight is 314 g/mol. The Hall–Kier alpha value is -2.26. The highest BCUT2D eigenvalue weighted by Gasteiger charge is 2.18. The molecule has 1 aromatic heterocycles. The van der Waals surface area contributed by atoms with Crippen molar-refractivity contribution >= 4 is 34.2 Å². The van der Waals surface area contributed by atoms with E-state index in [0.717, 1.165) is 27.8 Å². The summed E-state index contributed by atoms with van der Waals surface area (Å²) >= 11 is 6.01. The fraction of sp³-hybridized carbons (Fsp3) is 0.167. The van der Waals surface area contributed by atoms with Crippen molar-refractivity contribution in [1.82, 2.24) is 0 Å². The molecule has 4 heteroatoms. The van der Waals surface area contributed by atoms with E-state index in [4.69, 9.17) is 16.0 Å². The molecule has 0 aliphatic heterocycles. The number of rotatable bonds is 2. The smallest absolute Gasteiger partial charge is 0.291 e. The Labute approximate surface area is 133 Å². The van der Waals surface area contributed by atoms with Gasteiger partial charge in [-0.1, -0.05) is 23.7 Å². The second kappa shape index (κ2) is 5.50. The highest BCUT2D eigenvalue weighted by Crippen LogP contribution is 2.29. The van der Waals surface area contributed by atoms with Crippen LogP contribution in [-0.2, 0) is 0 Å². The minimum atomic E-state index is -0.251. The lowest BCUT2D eigenvalue weighted by Gasteiger charge is -2.09. The molecule has 2 aromatic carbocycles. The van der Waals surface area contributed by atoms with Crippen molar-refractivity contribution in [2.75, 3.05) is 5.32 Å². The summed E-state index contributed by atoms with van der Waals surface area (Å²) in [5.41, 5.74) is 4.43. The van der Waals surface area contributed by atoms with E-state index in [1.807, 2.05) is 45.0 Å². The number of aryl methyl sites for hydroxylation is 2. The Morgan fingerprint density at radius 2 is 1.86 bits per heavy atom. The average Bonchev–Trinajstić information content (AvgIpc) is 2.81. The van der Waals surface area contributed by atoms with Gasteiger partial charge in [-0.05, 0) is 56.2 Å². The number of anilines is 1. The second-order valence-electron chi connectivity index (χ2n) is 5.40. The minimum Gasteiger partial charge on any atom is -0.451 e. The Kier molecular flexibility index (Phi) is 3.67. The SMILES string of the molecule is Cc1cccc(NC(=O)c2oc3ccc(Cl)cc3c2C)c1C. The fourth-order valence-electron chi connectivity index (χ4n) is 2.48. The number of amides is 1. The molecule has 0 unspecified atom stereocenters. The van der Waals surface area contributed by atoms with Crippen molar-refractivity contribution in [3.63, 3.8) is 0 Å². The maximum Gasteiger partial charge on any atom is 0.291 e. The minimum absolute atomic E-state index is 0.251. The number of fused-ring (bicyclic) bond motifs is 1. The first kappa shape index (κ1) is 14.7. The number of benzene rings is 2. The van der Waals surface area contributed by atoms with E-state index in [1.165, 1.54) is 0 Å². The highest BCUT2D eigenvalue weighted by molar-refractivity contribution is 6.31. The monoisotopic (exact) mass is 313 g/mol. The number of halogens is 1. The van der Waals surface area contributed by atoms with Gasteiger partial charge in [0.2, 0.25) is 0 Å². The molecule has 0 spiro atoms. The molecule has 0 bridgehead atoms. The summed E-state index contributed by atoms with van der Waals surface area (Å²) in [5.74, 6) is 0.0664. The first-order chi connectivity index (χ1) is 10.5. The molecule has 0 aliphatic rings. The van der Waals surface area contributed by atoms with E-state index < -0.39 is 0 Å². The van der Waals surface area contributed by atoms with E-state index in [0.29, 0.717) is 16.4 Å². The molecule has 0 atom stereocenters. The van der Waals surface area contributed by atoms with Gasteiger partial charge in [-0.15, -0.1) is 0 Å². The molecule has 3 aromatic rings.